The largest absolute Gasteiger partial charge is 0.457 e. The zero-order valence-corrected chi connectivity index (χ0v) is 15.5. The lowest BCUT2D eigenvalue weighted by Crippen LogP contribution is -2.10. The topological polar surface area (TPSA) is 56.1 Å². The van der Waals surface area contributed by atoms with E-state index in [0.29, 0.717) is 22.0 Å². The van der Waals surface area contributed by atoms with Crippen LogP contribution < -0.4 is 10.1 Å². The average Bonchev–Trinajstić information content (AvgIpc) is 3.21. The Morgan fingerprint density at radius 1 is 0.893 bits per heavy atom. The van der Waals surface area contributed by atoms with Crippen LogP contribution in [0.1, 0.15) is 10.4 Å². The molecule has 1 amide bonds. The molecule has 0 aliphatic rings. The summed E-state index contributed by atoms with van der Waals surface area (Å²) in [5, 5.41) is 7.73. The second-order valence-electron chi connectivity index (χ2n) is 6.04. The van der Waals surface area contributed by atoms with E-state index >= 15 is 0 Å². The maximum Gasteiger partial charge on any atom is 0.258 e. The van der Waals surface area contributed by atoms with Crippen molar-refractivity contribution in [2.24, 2.45) is 0 Å². The number of carbonyl (C=O) groups excluding carboxylic acids is 1. The molecular weight excluding hydrogens is 374 g/mol. The summed E-state index contributed by atoms with van der Waals surface area (Å²) in [6.07, 6.45) is 3.20. The number of benzene rings is 3. The van der Waals surface area contributed by atoms with Gasteiger partial charge in [0, 0.05) is 16.9 Å². The standard InChI is InChI=1S/C22H16ClN3O2/c23-17-6-10-19(11-7-17)26-15-16(14-24-26)22(27)25-18-8-12-21(13-9-18)28-20-4-2-1-3-5-20/h1-15H,(H,25,27). The van der Waals surface area contributed by atoms with Crippen molar-refractivity contribution in [2.75, 3.05) is 5.32 Å². The second kappa shape index (κ2) is 7.98. The van der Waals surface area contributed by atoms with Crippen molar-refractivity contribution in [3.8, 4) is 17.2 Å². The quantitative estimate of drug-likeness (QED) is 0.485. The molecule has 0 bridgehead atoms. The smallest absolute Gasteiger partial charge is 0.258 e. The molecule has 0 saturated carbocycles. The van der Waals surface area contributed by atoms with Crippen molar-refractivity contribution >= 4 is 23.2 Å². The van der Waals surface area contributed by atoms with E-state index in [0.717, 1.165) is 11.4 Å². The fraction of sp³-hybridized carbons (Fsp3) is 0. The molecule has 0 spiro atoms. The van der Waals surface area contributed by atoms with Gasteiger partial charge in [-0.05, 0) is 60.7 Å². The lowest BCUT2D eigenvalue weighted by atomic mass is 10.2. The third-order valence-corrected chi connectivity index (χ3v) is 4.28. The predicted octanol–water partition coefficient (Wildman–Crippen LogP) is 5.57. The van der Waals surface area contributed by atoms with E-state index in [9.17, 15) is 4.79 Å². The fourth-order valence-corrected chi connectivity index (χ4v) is 2.74. The van der Waals surface area contributed by atoms with E-state index in [1.807, 2.05) is 42.5 Å². The summed E-state index contributed by atoms with van der Waals surface area (Å²) < 4.78 is 7.38. The first-order chi connectivity index (χ1) is 13.7. The average molecular weight is 390 g/mol. The molecule has 0 saturated heterocycles. The number of nitrogens with one attached hydrogen (secondary N) is 1. The maximum absolute atomic E-state index is 12.5. The molecule has 0 atom stereocenters. The maximum atomic E-state index is 12.5. The molecule has 28 heavy (non-hydrogen) atoms. The van der Waals surface area contributed by atoms with E-state index < -0.39 is 0 Å². The number of ether oxygens (including phenoxy) is 1. The zero-order chi connectivity index (χ0) is 19.3. The van der Waals surface area contributed by atoms with Crippen LogP contribution in [0.3, 0.4) is 0 Å². The highest BCUT2D eigenvalue weighted by Gasteiger charge is 2.10. The third-order valence-electron chi connectivity index (χ3n) is 4.03. The SMILES string of the molecule is O=C(Nc1ccc(Oc2ccccc2)cc1)c1cnn(-c2ccc(Cl)cc2)c1. The summed E-state index contributed by atoms with van der Waals surface area (Å²) >= 11 is 5.90. The molecule has 4 rings (SSSR count). The van der Waals surface area contributed by atoms with E-state index in [1.165, 1.54) is 6.20 Å². The van der Waals surface area contributed by atoms with Gasteiger partial charge in [0.15, 0.2) is 0 Å². The molecule has 3 aromatic carbocycles. The Balaban J connectivity index is 1.41. The number of hydrogen-bond acceptors (Lipinski definition) is 3. The highest BCUT2D eigenvalue weighted by Crippen LogP contribution is 2.23. The Bertz CT molecular complexity index is 1070. The number of aromatic nitrogens is 2. The van der Waals surface area contributed by atoms with E-state index in [1.54, 1.807) is 47.3 Å². The lowest BCUT2D eigenvalue weighted by Gasteiger charge is -2.07. The molecule has 0 aliphatic heterocycles. The molecule has 0 fully saturated rings. The van der Waals surface area contributed by atoms with Crippen molar-refractivity contribution in [3.63, 3.8) is 0 Å². The molecular formula is C22H16ClN3O2. The van der Waals surface area contributed by atoms with Crippen molar-refractivity contribution < 1.29 is 9.53 Å². The Morgan fingerprint density at radius 2 is 1.57 bits per heavy atom. The Labute approximate surface area is 167 Å². The van der Waals surface area contributed by atoms with Gasteiger partial charge in [0.1, 0.15) is 11.5 Å². The van der Waals surface area contributed by atoms with E-state index in [2.05, 4.69) is 10.4 Å². The number of hydrogen-bond donors (Lipinski definition) is 1. The molecule has 1 N–H and O–H groups in total. The van der Waals surface area contributed by atoms with Crippen molar-refractivity contribution in [2.45, 2.75) is 0 Å². The van der Waals surface area contributed by atoms with Crippen molar-refractivity contribution in [1.29, 1.82) is 0 Å². The monoisotopic (exact) mass is 389 g/mol. The van der Waals surface area contributed by atoms with Crippen LogP contribution in [0.4, 0.5) is 5.69 Å². The first kappa shape index (κ1) is 17.8. The van der Waals surface area contributed by atoms with Gasteiger partial charge in [-0.3, -0.25) is 4.79 Å². The van der Waals surface area contributed by atoms with Gasteiger partial charge in [-0.25, -0.2) is 4.68 Å². The number of para-hydroxylation sites is 1. The normalized spacial score (nSPS) is 10.5. The van der Waals surface area contributed by atoms with Crippen LogP contribution >= 0.6 is 11.6 Å². The van der Waals surface area contributed by atoms with Crippen LogP contribution in [0.5, 0.6) is 11.5 Å². The van der Waals surface area contributed by atoms with Crippen LogP contribution in [-0.4, -0.2) is 15.7 Å². The van der Waals surface area contributed by atoms with Crippen LogP contribution in [0, 0.1) is 0 Å². The highest BCUT2D eigenvalue weighted by molar-refractivity contribution is 6.30. The molecule has 0 aliphatic carbocycles. The first-order valence-electron chi connectivity index (χ1n) is 8.62. The van der Waals surface area contributed by atoms with Crippen LogP contribution in [-0.2, 0) is 0 Å². The van der Waals surface area contributed by atoms with Gasteiger partial charge in [-0.1, -0.05) is 29.8 Å². The van der Waals surface area contributed by atoms with E-state index in [-0.39, 0.29) is 5.91 Å². The van der Waals surface area contributed by atoms with Gasteiger partial charge >= 0.3 is 0 Å². The minimum atomic E-state index is -0.239. The fourth-order valence-electron chi connectivity index (χ4n) is 2.61. The van der Waals surface area contributed by atoms with Gasteiger partial charge in [0.2, 0.25) is 0 Å². The number of nitrogens with zero attached hydrogens (tertiary/aromatic N) is 2. The summed E-state index contributed by atoms with van der Waals surface area (Å²) in [5.74, 6) is 1.21. The second-order valence-corrected chi connectivity index (χ2v) is 6.48. The highest BCUT2D eigenvalue weighted by atomic mass is 35.5. The summed E-state index contributed by atoms with van der Waals surface area (Å²) in [7, 11) is 0. The van der Waals surface area contributed by atoms with Crippen molar-refractivity contribution in [3.05, 3.63) is 102 Å². The third kappa shape index (κ3) is 4.22. The molecule has 1 aromatic heterocycles. The molecule has 5 nitrogen and oxygen atoms in total. The van der Waals surface area contributed by atoms with Gasteiger partial charge in [-0.2, -0.15) is 5.10 Å². The van der Waals surface area contributed by atoms with Crippen LogP contribution in [0.15, 0.2) is 91.3 Å². The van der Waals surface area contributed by atoms with Crippen molar-refractivity contribution in [1.82, 2.24) is 9.78 Å². The van der Waals surface area contributed by atoms with Gasteiger partial charge in [-0.15, -0.1) is 0 Å². The molecule has 6 heteroatoms. The van der Waals surface area contributed by atoms with Gasteiger partial charge in [0.05, 0.1) is 17.4 Å². The first-order valence-corrected chi connectivity index (χ1v) is 9.00. The zero-order valence-electron chi connectivity index (χ0n) is 14.7. The molecule has 1 heterocycles. The van der Waals surface area contributed by atoms with E-state index in [4.69, 9.17) is 16.3 Å². The Kier molecular flexibility index (Phi) is 5.08. The number of halogens is 1. The molecule has 138 valence electrons. The summed E-state index contributed by atoms with van der Waals surface area (Å²) in [5.41, 5.74) is 1.95. The number of amides is 1. The van der Waals surface area contributed by atoms with Gasteiger partial charge < -0.3 is 10.1 Å². The predicted molar refractivity (Wildman–Crippen MR) is 109 cm³/mol. The minimum absolute atomic E-state index is 0.239. The molecule has 4 aromatic rings. The summed E-state index contributed by atoms with van der Waals surface area (Å²) in [6, 6.07) is 23.9. The number of carbonyl (C=O) groups is 1. The summed E-state index contributed by atoms with van der Waals surface area (Å²) in [4.78, 5) is 12.5. The Morgan fingerprint density at radius 3 is 2.29 bits per heavy atom. The number of anilines is 1. The van der Waals surface area contributed by atoms with Crippen LogP contribution in [0.25, 0.3) is 5.69 Å². The molecule has 0 unspecified atom stereocenters. The Hall–Kier alpha value is -3.57. The summed E-state index contributed by atoms with van der Waals surface area (Å²) in [6.45, 7) is 0. The number of rotatable bonds is 5. The van der Waals surface area contributed by atoms with Gasteiger partial charge in [0.25, 0.3) is 5.91 Å². The minimum Gasteiger partial charge on any atom is -0.457 e. The lowest BCUT2D eigenvalue weighted by molar-refractivity contribution is 0.102. The molecule has 0 radical (unpaired) electrons. The van der Waals surface area contributed by atoms with Crippen LogP contribution in [0.2, 0.25) is 5.02 Å².